The Morgan fingerprint density at radius 3 is 2.59 bits per heavy atom. The van der Waals surface area contributed by atoms with Crippen LogP contribution >= 0.6 is 0 Å². The van der Waals surface area contributed by atoms with Gasteiger partial charge in [-0.1, -0.05) is 29.8 Å². The smallest absolute Gasteiger partial charge is 0.163 e. The van der Waals surface area contributed by atoms with Crippen LogP contribution in [0.2, 0.25) is 0 Å². The summed E-state index contributed by atoms with van der Waals surface area (Å²) in [5.41, 5.74) is 10.1. The Morgan fingerprint density at radius 1 is 1.19 bits per heavy atom. The van der Waals surface area contributed by atoms with Gasteiger partial charge < -0.3 is 30.7 Å². The number of aryl methyl sites for hydroxylation is 1. The van der Waals surface area contributed by atoms with E-state index in [0.717, 1.165) is 28.1 Å². The highest BCUT2D eigenvalue weighted by Crippen LogP contribution is 2.42. The first kappa shape index (κ1) is 26.6. The number of anilines is 1. The van der Waals surface area contributed by atoms with Crippen molar-refractivity contribution in [1.82, 2.24) is 4.98 Å². The van der Waals surface area contributed by atoms with Gasteiger partial charge in [0.2, 0.25) is 0 Å². The lowest BCUT2D eigenvalue weighted by Crippen LogP contribution is -2.35. The SMILES string of the molecule is COc1cc(C(=O)CCC(C)(O)c2cc3c(c(-c4ccc(C)cc4)n2)NCC3(C)N)ccc1OCCO. The first-order valence-electron chi connectivity index (χ1n) is 12.4. The molecule has 1 aromatic heterocycles. The van der Waals surface area contributed by atoms with E-state index in [-0.39, 0.29) is 31.8 Å². The third-order valence-electron chi connectivity index (χ3n) is 6.82. The van der Waals surface area contributed by atoms with Crippen molar-refractivity contribution in [3.05, 3.63) is 70.9 Å². The molecule has 0 radical (unpaired) electrons. The second kappa shape index (κ2) is 10.5. The molecule has 37 heavy (non-hydrogen) atoms. The van der Waals surface area contributed by atoms with Crippen LogP contribution in [-0.2, 0) is 11.1 Å². The zero-order chi connectivity index (χ0) is 26.8. The number of hydrogen-bond acceptors (Lipinski definition) is 8. The van der Waals surface area contributed by atoms with Crippen molar-refractivity contribution in [3.63, 3.8) is 0 Å². The summed E-state index contributed by atoms with van der Waals surface area (Å²) in [5, 5.41) is 23.9. The molecule has 0 saturated carbocycles. The number of aromatic nitrogens is 1. The number of pyridine rings is 1. The number of benzene rings is 2. The Hall–Kier alpha value is -3.46. The first-order chi connectivity index (χ1) is 17.6. The van der Waals surface area contributed by atoms with Crippen molar-refractivity contribution in [2.75, 3.05) is 32.2 Å². The van der Waals surface area contributed by atoms with Crippen molar-refractivity contribution >= 4 is 11.5 Å². The van der Waals surface area contributed by atoms with Crippen LogP contribution in [0.15, 0.2) is 48.5 Å². The topological polar surface area (TPSA) is 127 Å². The molecule has 0 saturated heterocycles. The number of nitrogens with two attached hydrogens (primary N) is 1. The summed E-state index contributed by atoms with van der Waals surface area (Å²) in [5.74, 6) is 0.714. The van der Waals surface area contributed by atoms with E-state index in [1.54, 1.807) is 25.1 Å². The van der Waals surface area contributed by atoms with Crippen LogP contribution in [0.25, 0.3) is 11.3 Å². The highest BCUT2D eigenvalue weighted by Gasteiger charge is 2.36. The number of carbonyl (C=O) groups is 1. The Labute approximate surface area is 217 Å². The lowest BCUT2D eigenvalue weighted by atomic mass is 9.88. The van der Waals surface area contributed by atoms with E-state index in [1.807, 2.05) is 44.2 Å². The predicted molar refractivity (Wildman–Crippen MR) is 143 cm³/mol. The summed E-state index contributed by atoms with van der Waals surface area (Å²) in [4.78, 5) is 17.9. The number of aliphatic hydroxyl groups is 2. The van der Waals surface area contributed by atoms with Gasteiger partial charge in [-0.3, -0.25) is 4.79 Å². The molecular weight excluding hydrogens is 470 g/mol. The number of nitrogens with one attached hydrogen (secondary N) is 1. The van der Waals surface area contributed by atoms with E-state index in [2.05, 4.69) is 5.32 Å². The molecule has 2 heterocycles. The number of nitrogens with zero attached hydrogens (tertiary/aromatic N) is 1. The Balaban J connectivity index is 1.60. The number of ketones is 1. The van der Waals surface area contributed by atoms with Crippen molar-refractivity contribution in [3.8, 4) is 22.8 Å². The van der Waals surface area contributed by atoms with Crippen LogP contribution in [0.5, 0.6) is 11.5 Å². The van der Waals surface area contributed by atoms with Crippen LogP contribution in [0.1, 0.15) is 53.9 Å². The van der Waals surface area contributed by atoms with Gasteiger partial charge in [-0.2, -0.15) is 0 Å². The maximum atomic E-state index is 13.0. The van der Waals surface area contributed by atoms with Crippen molar-refractivity contribution in [1.29, 1.82) is 0 Å². The predicted octanol–water partition coefficient (Wildman–Crippen LogP) is 3.91. The van der Waals surface area contributed by atoms with E-state index in [1.165, 1.54) is 7.11 Å². The Bertz CT molecular complexity index is 1290. The van der Waals surface area contributed by atoms with Gasteiger partial charge in [0.25, 0.3) is 0 Å². The number of Topliss-reactive ketones (excluding diaryl/α,β-unsaturated/α-hetero) is 1. The fourth-order valence-electron chi connectivity index (χ4n) is 4.48. The van der Waals surface area contributed by atoms with Gasteiger partial charge in [0.1, 0.15) is 12.2 Å². The van der Waals surface area contributed by atoms with E-state index < -0.39 is 11.1 Å². The van der Waals surface area contributed by atoms with Gasteiger partial charge in [-0.15, -0.1) is 0 Å². The van der Waals surface area contributed by atoms with Gasteiger partial charge in [-0.05, 0) is 51.5 Å². The molecule has 0 bridgehead atoms. The molecule has 3 aromatic rings. The lowest BCUT2D eigenvalue weighted by molar-refractivity contribution is 0.0397. The van der Waals surface area contributed by atoms with Gasteiger partial charge in [0.05, 0.1) is 36.3 Å². The zero-order valence-electron chi connectivity index (χ0n) is 21.8. The average Bonchev–Trinajstić information content (AvgIpc) is 3.20. The van der Waals surface area contributed by atoms with Gasteiger partial charge in [0, 0.05) is 29.7 Å². The third kappa shape index (κ3) is 5.61. The van der Waals surface area contributed by atoms with E-state index in [9.17, 15) is 9.90 Å². The van der Waals surface area contributed by atoms with E-state index in [4.69, 9.17) is 25.3 Å². The highest BCUT2D eigenvalue weighted by molar-refractivity contribution is 5.96. The lowest BCUT2D eigenvalue weighted by Gasteiger charge is -2.26. The van der Waals surface area contributed by atoms with Crippen LogP contribution < -0.4 is 20.5 Å². The summed E-state index contributed by atoms with van der Waals surface area (Å²) in [7, 11) is 1.49. The number of carbonyl (C=O) groups excluding carboxylic acids is 1. The number of methoxy groups -OCH3 is 1. The van der Waals surface area contributed by atoms with Crippen LogP contribution in [-0.4, -0.2) is 47.8 Å². The summed E-state index contributed by atoms with van der Waals surface area (Å²) in [6.45, 7) is 6.22. The quantitative estimate of drug-likeness (QED) is 0.306. The van der Waals surface area contributed by atoms with Crippen LogP contribution in [0.4, 0.5) is 5.69 Å². The average molecular weight is 506 g/mol. The molecule has 5 N–H and O–H groups in total. The molecule has 0 amide bonds. The minimum absolute atomic E-state index is 0.101. The maximum absolute atomic E-state index is 13.0. The second-order valence-corrected chi connectivity index (χ2v) is 10.1. The largest absolute Gasteiger partial charge is 0.493 e. The summed E-state index contributed by atoms with van der Waals surface area (Å²) in [6.07, 6.45) is 0.272. The number of aliphatic hydroxyl groups excluding tert-OH is 1. The Morgan fingerprint density at radius 2 is 1.92 bits per heavy atom. The molecule has 1 aliphatic heterocycles. The molecule has 2 atom stereocenters. The summed E-state index contributed by atoms with van der Waals surface area (Å²) in [6, 6.07) is 14.8. The monoisotopic (exact) mass is 505 g/mol. The first-order valence-corrected chi connectivity index (χ1v) is 12.4. The maximum Gasteiger partial charge on any atom is 0.163 e. The molecule has 0 fully saturated rings. The van der Waals surface area contributed by atoms with Crippen molar-refractivity contribution in [2.24, 2.45) is 5.73 Å². The Kier molecular flexibility index (Phi) is 7.54. The summed E-state index contributed by atoms with van der Waals surface area (Å²) < 4.78 is 10.8. The number of ether oxygens (including phenoxy) is 2. The van der Waals surface area contributed by atoms with Crippen molar-refractivity contribution in [2.45, 2.75) is 44.8 Å². The van der Waals surface area contributed by atoms with E-state index in [0.29, 0.717) is 29.3 Å². The minimum Gasteiger partial charge on any atom is -0.493 e. The standard InChI is InChI=1S/C29H35N3O5/c1-18-5-7-19(8-6-18)26-27-21(28(2,30)17-31-27)16-25(32-26)29(3,35)12-11-22(34)20-9-10-23(37-14-13-33)24(15-20)36-4/h5-10,15-16,31,33,35H,11-14,17,30H2,1-4H3. The number of hydrogen-bond donors (Lipinski definition) is 4. The van der Waals surface area contributed by atoms with Gasteiger partial charge in [-0.25, -0.2) is 4.98 Å². The molecule has 196 valence electrons. The zero-order valence-corrected chi connectivity index (χ0v) is 21.8. The second-order valence-electron chi connectivity index (χ2n) is 10.1. The molecule has 0 spiro atoms. The number of fused-ring (bicyclic) bond motifs is 1. The molecule has 2 unspecified atom stereocenters. The fraction of sp³-hybridized carbons (Fsp3) is 0.379. The number of rotatable bonds is 10. The van der Waals surface area contributed by atoms with Crippen LogP contribution in [0, 0.1) is 6.92 Å². The molecular formula is C29H35N3O5. The molecule has 1 aliphatic rings. The van der Waals surface area contributed by atoms with Gasteiger partial charge >= 0.3 is 0 Å². The third-order valence-corrected chi connectivity index (χ3v) is 6.82. The van der Waals surface area contributed by atoms with E-state index >= 15 is 0 Å². The minimum atomic E-state index is -1.36. The molecule has 0 aliphatic carbocycles. The highest BCUT2D eigenvalue weighted by atomic mass is 16.5. The fourth-order valence-corrected chi connectivity index (χ4v) is 4.48. The van der Waals surface area contributed by atoms with Crippen LogP contribution in [0.3, 0.4) is 0 Å². The normalized spacial score (nSPS) is 18.0. The molecule has 8 nitrogen and oxygen atoms in total. The summed E-state index contributed by atoms with van der Waals surface area (Å²) >= 11 is 0. The van der Waals surface area contributed by atoms with Gasteiger partial charge in [0.15, 0.2) is 17.3 Å². The molecule has 8 heteroatoms. The van der Waals surface area contributed by atoms with Crippen molar-refractivity contribution < 1.29 is 24.5 Å². The molecule has 2 aromatic carbocycles. The molecule has 4 rings (SSSR count).